The summed E-state index contributed by atoms with van der Waals surface area (Å²) in [5.41, 5.74) is 1.32. The van der Waals surface area contributed by atoms with Gasteiger partial charge in [-0.25, -0.2) is 9.97 Å². The van der Waals surface area contributed by atoms with Crippen LogP contribution < -0.4 is 10.2 Å². The van der Waals surface area contributed by atoms with Crippen molar-refractivity contribution in [1.82, 2.24) is 20.2 Å². The second kappa shape index (κ2) is 10.4. The number of furan rings is 1. The summed E-state index contributed by atoms with van der Waals surface area (Å²) in [4.78, 5) is 18.2. The Balaban J connectivity index is 1.35. The molecule has 0 atom stereocenters. The van der Waals surface area contributed by atoms with Gasteiger partial charge in [0.25, 0.3) is 0 Å². The van der Waals surface area contributed by atoms with Crippen molar-refractivity contribution in [1.29, 1.82) is 0 Å². The van der Waals surface area contributed by atoms with E-state index in [-0.39, 0.29) is 0 Å². The summed E-state index contributed by atoms with van der Waals surface area (Å²) >= 11 is 0. The van der Waals surface area contributed by atoms with Crippen molar-refractivity contribution >= 4 is 11.9 Å². The third-order valence-electron chi connectivity index (χ3n) is 5.15. The third kappa shape index (κ3) is 5.59. The van der Waals surface area contributed by atoms with Gasteiger partial charge in [-0.05, 0) is 30.2 Å². The predicted octanol–water partition coefficient (Wildman–Crippen LogP) is 2.62. The molecule has 156 valence electrons. The van der Waals surface area contributed by atoms with Crippen molar-refractivity contribution in [3.05, 3.63) is 78.5 Å². The summed E-state index contributed by atoms with van der Waals surface area (Å²) in [5, 5.41) is 3.57. The number of benzene rings is 1. The highest BCUT2D eigenvalue weighted by Gasteiger charge is 2.21. The average molecular weight is 405 g/mol. The number of nitrogens with one attached hydrogen (secondary N) is 1. The molecule has 7 nitrogen and oxygen atoms in total. The molecular formula is C23H28N6O. The van der Waals surface area contributed by atoms with E-state index in [1.165, 1.54) is 5.56 Å². The van der Waals surface area contributed by atoms with Gasteiger partial charge in [0.15, 0.2) is 5.96 Å². The van der Waals surface area contributed by atoms with Gasteiger partial charge in [0.1, 0.15) is 5.76 Å². The van der Waals surface area contributed by atoms with Crippen LogP contribution in [0.1, 0.15) is 11.3 Å². The minimum atomic E-state index is 0.698. The fourth-order valence-corrected chi connectivity index (χ4v) is 3.53. The SMILES string of the molecule is c1ccc(CCNC(=NCCc2ccco2)N2CCN(c3ncccn3)CC2)cc1. The van der Waals surface area contributed by atoms with E-state index in [0.29, 0.717) is 6.54 Å². The van der Waals surface area contributed by atoms with Crippen LogP contribution in [-0.4, -0.2) is 60.1 Å². The van der Waals surface area contributed by atoms with Crippen LogP contribution in [0.5, 0.6) is 0 Å². The normalized spacial score (nSPS) is 14.7. The Hall–Kier alpha value is -3.35. The van der Waals surface area contributed by atoms with Gasteiger partial charge >= 0.3 is 0 Å². The molecule has 1 aromatic carbocycles. The molecular weight excluding hydrogens is 376 g/mol. The van der Waals surface area contributed by atoms with Gasteiger partial charge in [0.05, 0.1) is 6.26 Å². The number of hydrogen-bond acceptors (Lipinski definition) is 5. The summed E-state index contributed by atoms with van der Waals surface area (Å²) in [7, 11) is 0. The van der Waals surface area contributed by atoms with Crippen LogP contribution in [0, 0.1) is 0 Å². The Morgan fingerprint density at radius 2 is 1.73 bits per heavy atom. The fraction of sp³-hybridized carbons (Fsp3) is 0.348. The molecule has 1 N–H and O–H groups in total. The second-order valence-corrected chi connectivity index (χ2v) is 7.22. The number of anilines is 1. The van der Waals surface area contributed by atoms with E-state index in [4.69, 9.17) is 9.41 Å². The number of hydrogen-bond donors (Lipinski definition) is 1. The van der Waals surface area contributed by atoms with E-state index in [0.717, 1.165) is 63.2 Å². The number of rotatable bonds is 7. The predicted molar refractivity (Wildman–Crippen MR) is 119 cm³/mol. The van der Waals surface area contributed by atoms with Crippen molar-refractivity contribution in [3.63, 3.8) is 0 Å². The molecule has 0 aliphatic carbocycles. The van der Waals surface area contributed by atoms with Crippen molar-refractivity contribution in [2.75, 3.05) is 44.2 Å². The van der Waals surface area contributed by atoms with Crippen molar-refractivity contribution in [3.8, 4) is 0 Å². The van der Waals surface area contributed by atoms with Crippen LogP contribution in [0.2, 0.25) is 0 Å². The molecule has 1 fully saturated rings. The number of nitrogens with zero attached hydrogens (tertiary/aromatic N) is 5. The van der Waals surface area contributed by atoms with Gasteiger partial charge in [-0.3, -0.25) is 4.99 Å². The first kappa shape index (κ1) is 19.9. The van der Waals surface area contributed by atoms with E-state index < -0.39 is 0 Å². The van der Waals surface area contributed by atoms with E-state index in [1.54, 1.807) is 18.7 Å². The standard InChI is InChI=1S/C23H28N6O/c1-2-6-20(7-3-1)9-13-26-23(27-14-10-21-8-4-19-30-21)29-17-15-28(16-18-29)22-24-11-5-12-25-22/h1-8,11-12,19H,9-10,13-18H2,(H,26,27). The summed E-state index contributed by atoms with van der Waals surface area (Å²) in [6, 6.07) is 16.3. The molecule has 1 saturated heterocycles. The molecule has 2 aromatic heterocycles. The highest BCUT2D eigenvalue weighted by molar-refractivity contribution is 5.80. The largest absolute Gasteiger partial charge is 0.469 e. The van der Waals surface area contributed by atoms with Gasteiger partial charge in [0, 0.05) is 58.1 Å². The zero-order chi connectivity index (χ0) is 20.4. The maximum Gasteiger partial charge on any atom is 0.225 e. The first-order valence-corrected chi connectivity index (χ1v) is 10.5. The Morgan fingerprint density at radius 3 is 2.47 bits per heavy atom. The lowest BCUT2D eigenvalue weighted by atomic mass is 10.1. The number of guanidine groups is 1. The van der Waals surface area contributed by atoms with Crippen molar-refractivity contribution < 1.29 is 4.42 Å². The highest BCUT2D eigenvalue weighted by atomic mass is 16.3. The number of piperazine rings is 1. The van der Waals surface area contributed by atoms with E-state index >= 15 is 0 Å². The van der Waals surface area contributed by atoms with Crippen LogP contribution in [0.4, 0.5) is 5.95 Å². The number of aromatic nitrogens is 2. The van der Waals surface area contributed by atoms with Gasteiger partial charge in [0.2, 0.25) is 5.95 Å². The quantitative estimate of drug-likeness (QED) is 0.482. The lowest BCUT2D eigenvalue weighted by Crippen LogP contribution is -2.53. The molecule has 3 heterocycles. The van der Waals surface area contributed by atoms with Crippen LogP contribution >= 0.6 is 0 Å². The van der Waals surface area contributed by atoms with Crippen molar-refractivity contribution in [2.24, 2.45) is 4.99 Å². The zero-order valence-corrected chi connectivity index (χ0v) is 17.2. The Morgan fingerprint density at radius 1 is 0.933 bits per heavy atom. The van der Waals surface area contributed by atoms with Gasteiger partial charge in [-0.2, -0.15) is 0 Å². The maximum atomic E-state index is 5.44. The van der Waals surface area contributed by atoms with Gasteiger partial charge in [-0.1, -0.05) is 30.3 Å². The Labute approximate surface area is 177 Å². The van der Waals surface area contributed by atoms with E-state index in [2.05, 4.69) is 49.4 Å². The van der Waals surface area contributed by atoms with Crippen LogP contribution in [0.15, 0.2) is 76.6 Å². The van der Waals surface area contributed by atoms with E-state index in [9.17, 15) is 0 Å². The molecule has 0 unspecified atom stereocenters. The lowest BCUT2D eigenvalue weighted by molar-refractivity contribution is 0.369. The monoisotopic (exact) mass is 404 g/mol. The van der Waals surface area contributed by atoms with Gasteiger partial charge in [-0.15, -0.1) is 0 Å². The molecule has 3 aromatic rings. The Kier molecular flexibility index (Phi) is 6.94. The summed E-state index contributed by atoms with van der Waals surface area (Å²) in [5.74, 6) is 2.73. The zero-order valence-electron chi connectivity index (χ0n) is 17.2. The molecule has 30 heavy (non-hydrogen) atoms. The molecule has 7 heteroatoms. The number of aliphatic imine (C=N–C) groups is 1. The van der Waals surface area contributed by atoms with Crippen LogP contribution in [-0.2, 0) is 12.8 Å². The molecule has 0 spiro atoms. The lowest BCUT2D eigenvalue weighted by Gasteiger charge is -2.36. The first-order chi connectivity index (χ1) is 14.9. The molecule has 0 bridgehead atoms. The summed E-state index contributed by atoms with van der Waals surface area (Å²) in [6.45, 7) is 5.07. The van der Waals surface area contributed by atoms with E-state index in [1.807, 2.05) is 24.3 Å². The smallest absolute Gasteiger partial charge is 0.225 e. The molecule has 0 radical (unpaired) electrons. The van der Waals surface area contributed by atoms with Crippen molar-refractivity contribution in [2.45, 2.75) is 12.8 Å². The topological polar surface area (TPSA) is 69.8 Å². The molecule has 0 saturated carbocycles. The average Bonchev–Trinajstić information content (AvgIpc) is 3.33. The van der Waals surface area contributed by atoms with Crippen LogP contribution in [0.3, 0.4) is 0 Å². The van der Waals surface area contributed by atoms with Crippen LogP contribution in [0.25, 0.3) is 0 Å². The molecule has 1 aliphatic rings. The summed E-state index contributed by atoms with van der Waals surface area (Å²) in [6.07, 6.45) is 7.07. The van der Waals surface area contributed by atoms with Gasteiger partial charge < -0.3 is 19.5 Å². The molecule has 4 rings (SSSR count). The molecule has 0 amide bonds. The fourth-order valence-electron chi connectivity index (χ4n) is 3.53. The maximum absolute atomic E-state index is 5.44. The molecule has 1 aliphatic heterocycles. The second-order valence-electron chi connectivity index (χ2n) is 7.22. The minimum absolute atomic E-state index is 0.698. The third-order valence-corrected chi connectivity index (χ3v) is 5.15. The summed E-state index contributed by atoms with van der Waals surface area (Å²) < 4.78 is 5.44. The first-order valence-electron chi connectivity index (χ1n) is 10.5. The minimum Gasteiger partial charge on any atom is -0.469 e. The highest BCUT2D eigenvalue weighted by Crippen LogP contribution is 2.10. The Bertz CT molecular complexity index is 890.